The van der Waals surface area contributed by atoms with Gasteiger partial charge in [0.05, 0.1) is 17.1 Å². The Bertz CT molecular complexity index is 991. The monoisotopic (exact) mass is 385 g/mol. The van der Waals surface area contributed by atoms with E-state index in [2.05, 4.69) is 20.3 Å². The smallest absolute Gasteiger partial charge is 0.244 e. The summed E-state index contributed by atoms with van der Waals surface area (Å²) in [6.07, 6.45) is 4.35. The lowest BCUT2D eigenvalue weighted by Crippen LogP contribution is -2.35. The molecular formula is C19H23N5O2S. The molecule has 1 aromatic carbocycles. The summed E-state index contributed by atoms with van der Waals surface area (Å²) in [7, 11) is -3.45. The van der Waals surface area contributed by atoms with Gasteiger partial charge in [-0.3, -0.25) is 0 Å². The molecule has 1 saturated heterocycles. The highest BCUT2D eigenvalue weighted by Crippen LogP contribution is 2.22. The number of pyridine rings is 1. The van der Waals surface area contributed by atoms with Gasteiger partial charge < -0.3 is 10.3 Å². The van der Waals surface area contributed by atoms with E-state index in [1.807, 2.05) is 31.2 Å². The molecule has 27 heavy (non-hydrogen) atoms. The summed E-state index contributed by atoms with van der Waals surface area (Å²) < 4.78 is 26.9. The number of rotatable bonds is 5. The van der Waals surface area contributed by atoms with Crippen molar-refractivity contribution >= 4 is 26.9 Å². The second kappa shape index (κ2) is 7.28. The molecule has 7 nitrogen and oxygen atoms in total. The molecule has 2 aromatic heterocycles. The Morgan fingerprint density at radius 1 is 1.11 bits per heavy atom. The van der Waals surface area contributed by atoms with E-state index in [4.69, 9.17) is 0 Å². The number of aromatic amines is 1. The average molecular weight is 385 g/mol. The normalized spacial score (nSPS) is 17.1. The van der Waals surface area contributed by atoms with E-state index < -0.39 is 10.0 Å². The highest BCUT2D eigenvalue weighted by molar-refractivity contribution is 7.89. The lowest BCUT2D eigenvalue weighted by atomic mass is 10.2. The van der Waals surface area contributed by atoms with Gasteiger partial charge >= 0.3 is 0 Å². The first-order valence-corrected chi connectivity index (χ1v) is 10.7. The number of nitrogens with one attached hydrogen (secondary N) is 2. The Morgan fingerprint density at radius 3 is 2.59 bits per heavy atom. The maximum atomic E-state index is 12.7. The van der Waals surface area contributed by atoms with E-state index >= 15 is 0 Å². The number of aromatic nitrogens is 3. The third-order valence-corrected chi connectivity index (χ3v) is 6.75. The Kier molecular flexibility index (Phi) is 4.84. The van der Waals surface area contributed by atoms with Crippen LogP contribution in [0.2, 0.25) is 0 Å². The molecule has 0 radical (unpaired) electrons. The lowest BCUT2D eigenvalue weighted by molar-refractivity contribution is 0.346. The third kappa shape index (κ3) is 3.68. The molecule has 0 saturated carbocycles. The van der Waals surface area contributed by atoms with Gasteiger partial charge in [0.2, 0.25) is 10.0 Å². The van der Waals surface area contributed by atoms with Crippen molar-refractivity contribution < 1.29 is 8.42 Å². The fourth-order valence-electron chi connectivity index (χ4n) is 3.34. The SMILES string of the molecule is CC(Nc1ccc(S(=O)(=O)N2CCCCC2)cn1)c1nc2ccccc2[nH]1. The molecule has 1 unspecified atom stereocenters. The van der Waals surface area contributed by atoms with Gasteiger partial charge in [-0.05, 0) is 44.0 Å². The molecule has 2 N–H and O–H groups in total. The van der Waals surface area contributed by atoms with Crippen LogP contribution in [0.3, 0.4) is 0 Å². The summed E-state index contributed by atoms with van der Waals surface area (Å²) in [4.78, 5) is 12.4. The second-order valence-electron chi connectivity index (χ2n) is 6.85. The molecule has 1 aliphatic heterocycles. The summed E-state index contributed by atoms with van der Waals surface area (Å²) in [6.45, 7) is 3.16. The second-order valence-corrected chi connectivity index (χ2v) is 8.79. The minimum atomic E-state index is -3.45. The van der Waals surface area contributed by atoms with Crippen LogP contribution in [-0.4, -0.2) is 40.8 Å². The molecule has 3 heterocycles. The van der Waals surface area contributed by atoms with Crippen LogP contribution in [0, 0.1) is 0 Å². The van der Waals surface area contributed by atoms with E-state index in [0.29, 0.717) is 18.9 Å². The van der Waals surface area contributed by atoms with Crippen LogP contribution < -0.4 is 5.32 Å². The number of sulfonamides is 1. The van der Waals surface area contributed by atoms with Gasteiger partial charge in [0.25, 0.3) is 0 Å². The van der Waals surface area contributed by atoms with Crippen LogP contribution in [0.1, 0.15) is 38.1 Å². The molecule has 0 bridgehead atoms. The van der Waals surface area contributed by atoms with Crippen LogP contribution in [0.5, 0.6) is 0 Å². The number of nitrogens with zero attached hydrogens (tertiary/aromatic N) is 3. The van der Waals surface area contributed by atoms with Gasteiger partial charge in [-0.15, -0.1) is 0 Å². The molecule has 0 spiro atoms. The maximum Gasteiger partial charge on any atom is 0.244 e. The summed E-state index contributed by atoms with van der Waals surface area (Å²) in [5, 5.41) is 3.26. The van der Waals surface area contributed by atoms with E-state index in [0.717, 1.165) is 36.1 Å². The third-order valence-electron chi connectivity index (χ3n) is 4.87. The molecule has 8 heteroatoms. The summed E-state index contributed by atoms with van der Waals surface area (Å²) in [5.74, 6) is 1.42. The Balaban J connectivity index is 1.48. The zero-order valence-corrected chi connectivity index (χ0v) is 16.0. The number of hydrogen-bond donors (Lipinski definition) is 2. The fourth-order valence-corrected chi connectivity index (χ4v) is 4.80. The van der Waals surface area contributed by atoms with E-state index in [9.17, 15) is 8.42 Å². The molecule has 1 aliphatic rings. The van der Waals surface area contributed by atoms with Crippen LogP contribution in [0.4, 0.5) is 5.82 Å². The van der Waals surface area contributed by atoms with E-state index in [1.54, 1.807) is 16.4 Å². The largest absolute Gasteiger partial charge is 0.360 e. The van der Waals surface area contributed by atoms with Gasteiger partial charge in [0.15, 0.2) is 0 Å². The molecule has 1 atom stereocenters. The number of para-hydroxylation sites is 2. The Morgan fingerprint density at radius 2 is 1.89 bits per heavy atom. The Hall–Kier alpha value is -2.45. The number of piperidine rings is 1. The summed E-state index contributed by atoms with van der Waals surface area (Å²) in [6, 6.07) is 11.1. The highest BCUT2D eigenvalue weighted by Gasteiger charge is 2.26. The molecule has 3 aromatic rings. The quantitative estimate of drug-likeness (QED) is 0.703. The average Bonchev–Trinajstić information content (AvgIpc) is 3.13. The van der Waals surface area contributed by atoms with Crippen molar-refractivity contribution in [3.63, 3.8) is 0 Å². The molecule has 0 amide bonds. The molecule has 1 fully saturated rings. The van der Waals surface area contributed by atoms with Crippen molar-refractivity contribution in [1.82, 2.24) is 19.3 Å². The standard InChI is InChI=1S/C19H23N5O2S/c1-14(19-22-16-7-3-4-8-17(16)23-19)21-18-10-9-15(13-20-18)27(25,26)24-11-5-2-6-12-24/h3-4,7-10,13-14H,2,5-6,11-12H2,1H3,(H,20,21)(H,22,23). The molecule has 142 valence electrons. The number of anilines is 1. The van der Waals surface area contributed by atoms with Crippen molar-refractivity contribution in [3.8, 4) is 0 Å². The van der Waals surface area contributed by atoms with Crippen molar-refractivity contribution in [3.05, 3.63) is 48.4 Å². The first kappa shape index (κ1) is 17.9. The van der Waals surface area contributed by atoms with Crippen LogP contribution >= 0.6 is 0 Å². The predicted molar refractivity (Wildman–Crippen MR) is 105 cm³/mol. The lowest BCUT2D eigenvalue weighted by Gasteiger charge is -2.25. The molecule has 4 rings (SSSR count). The topological polar surface area (TPSA) is 91.0 Å². The maximum absolute atomic E-state index is 12.7. The highest BCUT2D eigenvalue weighted by atomic mass is 32.2. The minimum Gasteiger partial charge on any atom is -0.360 e. The number of hydrogen-bond acceptors (Lipinski definition) is 5. The zero-order chi connectivity index (χ0) is 18.9. The van der Waals surface area contributed by atoms with Gasteiger partial charge in [0, 0.05) is 19.3 Å². The summed E-state index contributed by atoms with van der Waals surface area (Å²) in [5.41, 5.74) is 1.90. The first-order valence-electron chi connectivity index (χ1n) is 9.21. The van der Waals surface area contributed by atoms with Crippen molar-refractivity contribution in [2.75, 3.05) is 18.4 Å². The zero-order valence-electron chi connectivity index (χ0n) is 15.2. The van der Waals surface area contributed by atoms with Crippen LogP contribution in [0.15, 0.2) is 47.5 Å². The number of imidazole rings is 1. The first-order chi connectivity index (χ1) is 13.0. The fraction of sp³-hybridized carbons (Fsp3) is 0.368. The summed E-state index contributed by atoms with van der Waals surface area (Å²) >= 11 is 0. The van der Waals surface area contributed by atoms with Crippen molar-refractivity contribution in [2.45, 2.75) is 37.1 Å². The van der Waals surface area contributed by atoms with Crippen LogP contribution in [-0.2, 0) is 10.0 Å². The number of benzene rings is 1. The van der Waals surface area contributed by atoms with Gasteiger partial charge in [-0.1, -0.05) is 18.6 Å². The van der Waals surface area contributed by atoms with Gasteiger partial charge in [0.1, 0.15) is 16.5 Å². The van der Waals surface area contributed by atoms with E-state index in [-0.39, 0.29) is 10.9 Å². The molecule has 0 aliphatic carbocycles. The number of H-pyrrole nitrogens is 1. The van der Waals surface area contributed by atoms with Gasteiger partial charge in [-0.2, -0.15) is 4.31 Å². The van der Waals surface area contributed by atoms with Crippen LogP contribution in [0.25, 0.3) is 11.0 Å². The van der Waals surface area contributed by atoms with Gasteiger partial charge in [-0.25, -0.2) is 18.4 Å². The van der Waals surface area contributed by atoms with Crippen molar-refractivity contribution in [1.29, 1.82) is 0 Å². The van der Waals surface area contributed by atoms with Crippen molar-refractivity contribution in [2.24, 2.45) is 0 Å². The molecular weight excluding hydrogens is 362 g/mol. The predicted octanol–water partition coefficient (Wildman–Crippen LogP) is 3.31. The number of fused-ring (bicyclic) bond motifs is 1. The van der Waals surface area contributed by atoms with E-state index in [1.165, 1.54) is 6.20 Å². The Labute approximate surface area is 158 Å². The minimum absolute atomic E-state index is 0.0885.